The summed E-state index contributed by atoms with van der Waals surface area (Å²) in [5.74, 6) is -1.64. The van der Waals surface area contributed by atoms with E-state index in [1.165, 1.54) is 9.80 Å². The molecule has 0 atom stereocenters. The first-order valence-corrected chi connectivity index (χ1v) is 9.23. The fourth-order valence-corrected chi connectivity index (χ4v) is 4.09. The molecule has 0 aromatic heterocycles. The van der Waals surface area contributed by atoms with Crippen LogP contribution in [0.5, 0.6) is 0 Å². The quantitative estimate of drug-likeness (QED) is 0.656. The van der Waals surface area contributed by atoms with Gasteiger partial charge in [0.05, 0.1) is 0 Å². The Morgan fingerprint density at radius 2 is 0.714 bits per heavy atom. The van der Waals surface area contributed by atoms with Crippen molar-refractivity contribution in [1.82, 2.24) is 9.80 Å². The smallest absolute Gasteiger partial charge is 0.261 e. The topological polar surface area (TPSA) is 74.8 Å². The molecule has 0 bridgehead atoms. The van der Waals surface area contributed by atoms with E-state index in [9.17, 15) is 19.2 Å². The number of carbonyl (C=O) groups excluding carboxylic acids is 4. The van der Waals surface area contributed by atoms with Crippen LogP contribution in [0.1, 0.15) is 83.0 Å². The van der Waals surface area contributed by atoms with Crippen LogP contribution in [-0.2, 0) is 0 Å². The zero-order valence-electron chi connectivity index (χ0n) is 16.8. The van der Waals surface area contributed by atoms with E-state index in [0.717, 1.165) is 0 Å². The van der Waals surface area contributed by atoms with Gasteiger partial charge >= 0.3 is 0 Å². The van der Waals surface area contributed by atoms with Crippen molar-refractivity contribution in [3.63, 3.8) is 0 Å². The summed E-state index contributed by atoms with van der Waals surface area (Å²) in [6.45, 7) is 10.8. The second kappa shape index (κ2) is 5.28. The Morgan fingerprint density at radius 1 is 0.500 bits per heavy atom. The lowest BCUT2D eigenvalue weighted by molar-refractivity contribution is 0.0436. The van der Waals surface area contributed by atoms with Gasteiger partial charge in [-0.15, -0.1) is 0 Å². The molecule has 2 aliphatic heterocycles. The highest BCUT2D eigenvalue weighted by atomic mass is 16.2. The van der Waals surface area contributed by atoms with Gasteiger partial charge in [-0.25, -0.2) is 0 Å². The summed E-state index contributed by atoms with van der Waals surface area (Å²) < 4.78 is 0. The summed E-state index contributed by atoms with van der Waals surface area (Å²) in [6, 6.07) is 6.36. The molecule has 0 saturated heterocycles. The highest BCUT2D eigenvalue weighted by molar-refractivity contribution is 6.33. The van der Waals surface area contributed by atoms with Crippen LogP contribution in [0, 0.1) is 0 Å². The summed E-state index contributed by atoms with van der Waals surface area (Å²) in [6.07, 6.45) is 0. The number of hydrogen-bond donors (Lipinski definition) is 0. The van der Waals surface area contributed by atoms with Crippen LogP contribution in [0.25, 0.3) is 10.8 Å². The molecule has 0 fully saturated rings. The van der Waals surface area contributed by atoms with E-state index >= 15 is 0 Å². The van der Waals surface area contributed by atoms with Crippen LogP contribution in [0.3, 0.4) is 0 Å². The van der Waals surface area contributed by atoms with Crippen LogP contribution >= 0.6 is 0 Å². The van der Waals surface area contributed by atoms with Crippen LogP contribution < -0.4 is 0 Å². The van der Waals surface area contributed by atoms with Gasteiger partial charge in [-0.05, 0) is 65.8 Å². The van der Waals surface area contributed by atoms with Crippen molar-refractivity contribution in [2.45, 2.75) is 52.6 Å². The first kappa shape index (κ1) is 18.3. The van der Waals surface area contributed by atoms with Gasteiger partial charge in [0.15, 0.2) is 0 Å². The Morgan fingerprint density at radius 3 is 0.893 bits per heavy atom. The molecular weight excluding hydrogens is 356 g/mol. The second-order valence-electron chi connectivity index (χ2n) is 9.30. The number of benzene rings is 2. The Bertz CT molecular complexity index is 957. The Hall–Kier alpha value is -3.02. The molecule has 2 aromatic rings. The molecular formula is C22H22N2O4. The first-order valence-electron chi connectivity index (χ1n) is 9.23. The van der Waals surface area contributed by atoms with Crippen LogP contribution in [0.2, 0.25) is 0 Å². The maximum atomic E-state index is 13.1. The summed E-state index contributed by atoms with van der Waals surface area (Å²) in [7, 11) is 0. The lowest BCUT2D eigenvalue weighted by Crippen LogP contribution is -2.53. The van der Waals surface area contributed by atoms with Gasteiger partial charge in [-0.2, -0.15) is 0 Å². The zero-order chi connectivity index (χ0) is 20.8. The van der Waals surface area contributed by atoms with Crippen molar-refractivity contribution < 1.29 is 19.2 Å². The highest BCUT2D eigenvalue weighted by Crippen LogP contribution is 2.40. The third kappa shape index (κ3) is 2.20. The van der Waals surface area contributed by atoms with Gasteiger partial charge in [-0.1, -0.05) is 0 Å². The molecule has 2 aromatic carbocycles. The molecule has 2 aliphatic rings. The Labute approximate surface area is 163 Å². The molecule has 0 unspecified atom stereocenters. The molecule has 6 nitrogen and oxygen atoms in total. The predicted molar refractivity (Wildman–Crippen MR) is 104 cm³/mol. The van der Waals surface area contributed by atoms with Gasteiger partial charge in [0.2, 0.25) is 0 Å². The van der Waals surface area contributed by atoms with Gasteiger partial charge in [0, 0.05) is 44.1 Å². The Balaban J connectivity index is 2.07. The van der Waals surface area contributed by atoms with Gasteiger partial charge in [0.25, 0.3) is 23.6 Å². The van der Waals surface area contributed by atoms with Crippen molar-refractivity contribution in [2.75, 3.05) is 0 Å². The molecule has 0 saturated carbocycles. The molecule has 6 heteroatoms. The van der Waals surface area contributed by atoms with E-state index in [1.807, 2.05) is 0 Å². The molecule has 0 spiro atoms. The van der Waals surface area contributed by atoms with Crippen molar-refractivity contribution in [2.24, 2.45) is 0 Å². The predicted octanol–water partition coefficient (Wildman–Crippen LogP) is 3.63. The summed E-state index contributed by atoms with van der Waals surface area (Å²) in [5.41, 5.74) is -0.0163. The van der Waals surface area contributed by atoms with Crippen LogP contribution in [0.15, 0.2) is 24.3 Å². The average Bonchev–Trinajstić information content (AvgIpc) is 2.55. The molecule has 4 rings (SSSR count). The zero-order valence-corrected chi connectivity index (χ0v) is 16.8. The summed E-state index contributed by atoms with van der Waals surface area (Å²) >= 11 is 0. The normalized spacial score (nSPS) is 17.1. The van der Waals surface area contributed by atoms with Gasteiger partial charge in [-0.3, -0.25) is 29.0 Å². The lowest BCUT2D eigenvalue weighted by Gasteiger charge is -2.40. The SMILES string of the molecule is CC(C)(C)N1C(=O)c2ccc3c4c(ccc(c24)C1=O)C(=O)N(C(C)(C)C)C3=O. The molecule has 0 N–H and O–H groups in total. The van der Waals surface area contributed by atoms with Gasteiger partial charge in [0.1, 0.15) is 0 Å². The van der Waals surface area contributed by atoms with E-state index in [0.29, 0.717) is 33.0 Å². The van der Waals surface area contributed by atoms with Crippen molar-refractivity contribution in [3.05, 3.63) is 46.5 Å². The third-order valence-electron chi connectivity index (χ3n) is 5.24. The number of nitrogens with zero attached hydrogens (tertiary/aromatic N) is 2. The molecule has 4 amide bonds. The van der Waals surface area contributed by atoms with Crippen molar-refractivity contribution >= 4 is 34.4 Å². The minimum Gasteiger partial charge on any atom is -0.269 e. The molecule has 2 heterocycles. The van der Waals surface area contributed by atoms with Crippen molar-refractivity contribution in [3.8, 4) is 0 Å². The molecule has 0 aliphatic carbocycles. The fraction of sp³-hybridized carbons (Fsp3) is 0.364. The summed E-state index contributed by atoms with van der Waals surface area (Å²) in [5, 5.41) is 0.807. The molecule has 28 heavy (non-hydrogen) atoms. The average molecular weight is 378 g/mol. The van der Waals surface area contributed by atoms with Crippen LogP contribution in [0.4, 0.5) is 0 Å². The van der Waals surface area contributed by atoms with E-state index in [4.69, 9.17) is 0 Å². The minimum absolute atomic E-state index is 0.343. The largest absolute Gasteiger partial charge is 0.269 e. The molecule has 144 valence electrons. The number of amides is 4. The lowest BCUT2D eigenvalue weighted by atomic mass is 9.84. The third-order valence-corrected chi connectivity index (χ3v) is 5.24. The highest BCUT2D eigenvalue weighted by Gasteiger charge is 2.44. The number of hydrogen-bond acceptors (Lipinski definition) is 4. The van der Waals surface area contributed by atoms with E-state index in [1.54, 1.807) is 65.8 Å². The number of carbonyl (C=O) groups is 4. The Kier molecular flexibility index (Phi) is 3.46. The maximum absolute atomic E-state index is 13.1. The van der Waals surface area contributed by atoms with Crippen LogP contribution in [-0.4, -0.2) is 44.5 Å². The van der Waals surface area contributed by atoms with E-state index < -0.39 is 34.7 Å². The molecule has 0 radical (unpaired) electrons. The van der Waals surface area contributed by atoms with Gasteiger partial charge < -0.3 is 0 Å². The second-order valence-corrected chi connectivity index (χ2v) is 9.30. The summed E-state index contributed by atoms with van der Waals surface area (Å²) in [4.78, 5) is 54.9. The minimum atomic E-state index is -0.693. The fourth-order valence-electron chi connectivity index (χ4n) is 4.09. The monoisotopic (exact) mass is 378 g/mol. The number of imide groups is 2. The van der Waals surface area contributed by atoms with E-state index in [2.05, 4.69) is 0 Å². The first-order chi connectivity index (χ1) is 12.9. The number of rotatable bonds is 0. The van der Waals surface area contributed by atoms with E-state index in [-0.39, 0.29) is 0 Å². The standard InChI is InChI=1S/C22H22N2O4/c1-21(2,3)23-17(25)11-7-9-13-16-14(10-8-12(15(11)16)18(23)26)20(28)24(19(13)27)22(4,5)6/h7-10H,1-6H3. The maximum Gasteiger partial charge on any atom is 0.261 e. The van der Waals surface area contributed by atoms with Crippen molar-refractivity contribution in [1.29, 1.82) is 0 Å².